The second kappa shape index (κ2) is 9.78. The quantitative estimate of drug-likeness (QED) is 0.334. The number of hydrogen-bond donors (Lipinski definition) is 0. The van der Waals surface area contributed by atoms with Gasteiger partial charge in [0.15, 0.2) is 0 Å². The molecule has 0 unspecified atom stereocenters. The molecular weight excluding hydrogens is 180 g/mol. The largest absolute Gasteiger partial charge is 0.357 e. The molecule has 0 N–H and O–H groups in total. The molecule has 0 fully saturated rings. The van der Waals surface area contributed by atoms with Gasteiger partial charge in [-0.05, 0) is 12.8 Å². The van der Waals surface area contributed by atoms with Gasteiger partial charge in [-0.2, -0.15) is 0 Å². The standard InChI is InChI=1S/C10H20O2Si/c1-4-7-11-10(12-8-5-2)13-9-6-3/h3,10H,4-5,7-9,13H2,1-2H3. The zero-order chi connectivity index (χ0) is 9.94. The Hall–Kier alpha value is -0.303. The van der Waals surface area contributed by atoms with Crippen LogP contribution in [-0.4, -0.2) is 28.6 Å². The number of ether oxygens (including phenoxy) is 2. The lowest BCUT2D eigenvalue weighted by molar-refractivity contribution is -0.0902. The molecule has 0 aromatic heterocycles. The van der Waals surface area contributed by atoms with Crippen molar-refractivity contribution in [2.24, 2.45) is 0 Å². The van der Waals surface area contributed by atoms with Crippen LogP contribution in [0.15, 0.2) is 0 Å². The summed E-state index contributed by atoms with van der Waals surface area (Å²) in [4.78, 5) is 0. The second-order valence-electron chi connectivity index (χ2n) is 2.91. The molecule has 0 aromatic rings. The molecule has 0 rings (SSSR count). The van der Waals surface area contributed by atoms with Crippen molar-refractivity contribution < 1.29 is 9.47 Å². The van der Waals surface area contributed by atoms with E-state index in [2.05, 4.69) is 19.8 Å². The minimum absolute atomic E-state index is 0.0379. The lowest BCUT2D eigenvalue weighted by atomic mass is 10.5. The number of terminal acetylenes is 1. The van der Waals surface area contributed by atoms with Crippen LogP contribution < -0.4 is 0 Å². The lowest BCUT2D eigenvalue weighted by Gasteiger charge is -2.16. The predicted octanol–water partition coefficient (Wildman–Crippen LogP) is 1.34. The summed E-state index contributed by atoms with van der Waals surface area (Å²) in [5, 5.41) is 0. The summed E-state index contributed by atoms with van der Waals surface area (Å²) < 4.78 is 11.1. The molecule has 0 bridgehead atoms. The summed E-state index contributed by atoms with van der Waals surface area (Å²) in [6, 6.07) is 0.859. The van der Waals surface area contributed by atoms with Gasteiger partial charge >= 0.3 is 0 Å². The third-order valence-corrected chi connectivity index (χ3v) is 3.06. The van der Waals surface area contributed by atoms with Gasteiger partial charge in [-0.1, -0.05) is 13.8 Å². The molecular formula is C10H20O2Si. The fraction of sp³-hybridized carbons (Fsp3) is 0.800. The topological polar surface area (TPSA) is 18.5 Å². The maximum Gasteiger partial charge on any atom is 0.135 e. The molecule has 13 heavy (non-hydrogen) atoms. The zero-order valence-corrected chi connectivity index (χ0v) is 10.1. The molecule has 0 spiro atoms. The number of rotatable bonds is 8. The van der Waals surface area contributed by atoms with Crippen LogP contribution in [0, 0.1) is 12.3 Å². The molecule has 0 heterocycles. The van der Waals surface area contributed by atoms with Gasteiger partial charge in [0.2, 0.25) is 0 Å². The first kappa shape index (κ1) is 12.7. The van der Waals surface area contributed by atoms with Crippen molar-refractivity contribution in [3.63, 3.8) is 0 Å². The van der Waals surface area contributed by atoms with Crippen LogP contribution in [-0.2, 0) is 9.47 Å². The molecule has 0 radical (unpaired) electrons. The van der Waals surface area contributed by atoms with Crippen molar-refractivity contribution in [1.82, 2.24) is 0 Å². The average molecular weight is 200 g/mol. The first-order valence-electron chi connectivity index (χ1n) is 5.01. The van der Waals surface area contributed by atoms with E-state index in [-0.39, 0.29) is 5.91 Å². The maximum absolute atomic E-state index is 5.54. The summed E-state index contributed by atoms with van der Waals surface area (Å²) in [6.45, 7) is 5.76. The minimum atomic E-state index is -0.396. The molecule has 76 valence electrons. The van der Waals surface area contributed by atoms with Crippen LogP contribution in [0.4, 0.5) is 0 Å². The molecule has 0 saturated heterocycles. The van der Waals surface area contributed by atoms with Gasteiger partial charge in [0, 0.05) is 19.3 Å². The fourth-order valence-corrected chi connectivity index (χ4v) is 1.98. The van der Waals surface area contributed by atoms with Crippen LogP contribution in [0.25, 0.3) is 0 Å². The predicted molar refractivity (Wildman–Crippen MR) is 58.5 cm³/mol. The van der Waals surface area contributed by atoms with E-state index in [0.717, 1.165) is 32.1 Å². The molecule has 0 aliphatic rings. The second-order valence-corrected chi connectivity index (χ2v) is 4.66. The molecule has 0 aromatic carbocycles. The summed E-state index contributed by atoms with van der Waals surface area (Å²) >= 11 is 0. The van der Waals surface area contributed by atoms with Crippen molar-refractivity contribution >= 4 is 9.52 Å². The van der Waals surface area contributed by atoms with E-state index in [0.29, 0.717) is 0 Å². The van der Waals surface area contributed by atoms with E-state index in [9.17, 15) is 0 Å². The summed E-state index contributed by atoms with van der Waals surface area (Å²) in [7, 11) is -0.396. The summed E-state index contributed by atoms with van der Waals surface area (Å²) in [5.74, 6) is 2.69. The van der Waals surface area contributed by atoms with Crippen molar-refractivity contribution in [2.45, 2.75) is 38.6 Å². The Morgan fingerprint density at radius 3 is 2.15 bits per heavy atom. The van der Waals surface area contributed by atoms with Crippen molar-refractivity contribution in [3.8, 4) is 12.3 Å². The number of hydrogen-bond acceptors (Lipinski definition) is 2. The normalized spacial score (nSPS) is 11.2. The van der Waals surface area contributed by atoms with E-state index >= 15 is 0 Å². The smallest absolute Gasteiger partial charge is 0.135 e. The van der Waals surface area contributed by atoms with Crippen molar-refractivity contribution in [3.05, 3.63) is 0 Å². The van der Waals surface area contributed by atoms with Crippen LogP contribution in [0.1, 0.15) is 26.7 Å². The Morgan fingerprint density at radius 1 is 1.23 bits per heavy atom. The van der Waals surface area contributed by atoms with Gasteiger partial charge in [0.05, 0.1) is 0 Å². The molecule has 0 aliphatic heterocycles. The first-order valence-corrected chi connectivity index (χ1v) is 6.83. The third kappa shape index (κ3) is 8.04. The molecule has 0 saturated carbocycles. The van der Waals surface area contributed by atoms with E-state index in [1.54, 1.807) is 0 Å². The van der Waals surface area contributed by atoms with Crippen molar-refractivity contribution in [2.75, 3.05) is 13.2 Å². The van der Waals surface area contributed by atoms with E-state index in [1.807, 2.05) is 0 Å². The Balaban J connectivity index is 3.54. The highest BCUT2D eigenvalue weighted by atomic mass is 28.2. The van der Waals surface area contributed by atoms with Gasteiger partial charge in [0.25, 0.3) is 0 Å². The summed E-state index contributed by atoms with van der Waals surface area (Å²) in [6.07, 6.45) is 7.28. The fourth-order valence-electron chi connectivity index (χ4n) is 0.915. The van der Waals surface area contributed by atoms with Gasteiger partial charge < -0.3 is 9.47 Å². The Morgan fingerprint density at radius 2 is 1.77 bits per heavy atom. The van der Waals surface area contributed by atoms with Crippen LogP contribution in [0.2, 0.25) is 6.04 Å². The van der Waals surface area contributed by atoms with E-state index < -0.39 is 9.52 Å². The highest BCUT2D eigenvalue weighted by molar-refractivity contribution is 6.37. The van der Waals surface area contributed by atoms with Gasteiger partial charge in [-0.25, -0.2) is 0 Å². The highest BCUT2D eigenvalue weighted by Crippen LogP contribution is 1.98. The Labute approximate surface area is 83.8 Å². The minimum Gasteiger partial charge on any atom is -0.357 e. The maximum atomic E-state index is 5.54. The zero-order valence-electron chi connectivity index (χ0n) is 8.71. The van der Waals surface area contributed by atoms with Crippen molar-refractivity contribution in [1.29, 1.82) is 0 Å². The lowest BCUT2D eigenvalue weighted by Crippen LogP contribution is -2.25. The highest BCUT2D eigenvalue weighted by Gasteiger charge is 2.07. The molecule has 0 amide bonds. The Kier molecular flexibility index (Phi) is 9.55. The van der Waals surface area contributed by atoms with Crippen LogP contribution in [0.5, 0.6) is 0 Å². The molecule has 2 nitrogen and oxygen atoms in total. The molecule has 0 atom stereocenters. The van der Waals surface area contributed by atoms with Gasteiger partial charge in [-0.15, -0.1) is 12.3 Å². The monoisotopic (exact) mass is 200 g/mol. The van der Waals surface area contributed by atoms with E-state index in [4.69, 9.17) is 15.9 Å². The van der Waals surface area contributed by atoms with Crippen LogP contribution >= 0.6 is 0 Å². The first-order chi connectivity index (χ1) is 6.35. The van der Waals surface area contributed by atoms with E-state index in [1.165, 1.54) is 0 Å². The Bertz CT molecular complexity index is 134. The molecule has 3 heteroatoms. The average Bonchev–Trinajstić information content (AvgIpc) is 2.17. The third-order valence-electron chi connectivity index (χ3n) is 1.54. The summed E-state index contributed by atoms with van der Waals surface area (Å²) in [5.41, 5.74) is 0. The van der Waals surface area contributed by atoms with Gasteiger partial charge in [-0.3, -0.25) is 0 Å². The van der Waals surface area contributed by atoms with Gasteiger partial charge in [0.1, 0.15) is 15.4 Å². The molecule has 0 aliphatic carbocycles. The SMILES string of the molecule is C#CC[SiH2]C(OCCC)OCCC. The van der Waals surface area contributed by atoms with Crippen LogP contribution in [0.3, 0.4) is 0 Å².